The van der Waals surface area contributed by atoms with Crippen LogP contribution in [0.5, 0.6) is 0 Å². The highest BCUT2D eigenvalue weighted by atomic mass is 32.1. The van der Waals surface area contributed by atoms with E-state index in [1.807, 2.05) is 18.4 Å². The second-order valence-electron chi connectivity index (χ2n) is 4.83. The maximum Gasteiger partial charge on any atom is 0.335 e. The molecule has 2 aromatic heterocycles. The fourth-order valence-electron chi connectivity index (χ4n) is 2.61. The Labute approximate surface area is 125 Å². The van der Waals surface area contributed by atoms with Gasteiger partial charge in [0.25, 0.3) is 0 Å². The van der Waals surface area contributed by atoms with Gasteiger partial charge in [-0.3, -0.25) is 0 Å². The molecule has 0 radical (unpaired) electrons. The van der Waals surface area contributed by atoms with Gasteiger partial charge in [0.05, 0.1) is 22.6 Å². The fraction of sp³-hybridized carbons (Fsp3) is 0.267. The van der Waals surface area contributed by atoms with Gasteiger partial charge in [0.2, 0.25) is 0 Å². The molecule has 0 fully saturated rings. The van der Waals surface area contributed by atoms with Gasteiger partial charge in [-0.2, -0.15) is 0 Å². The number of hydrogen-bond acceptors (Lipinski definition) is 4. The molecule has 0 aliphatic carbocycles. The van der Waals surface area contributed by atoms with Gasteiger partial charge < -0.3 is 9.67 Å². The molecule has 0 aliphatic heterocycles. The Morgan fingerprint density at radius 3 is 2.90 bits per heavy atom. The summed E-state index contributed by atoms with van der Waals surface area (Å²) in [5.74, 6) is -0.0642. The average molecular weight is 301 g/mol. The minimum Gasteiger partial charge on any atom is -0.478 e. The molecule has 0 bridgehead atoms. The van der Waals surface area contributed by atoms with Crippen molar-refractivity contribution >= 4 is 28.3 Å². The Bertz CT molecular complexity index is 793. The van der Waals surface area contributed by atoms with Crippen molar-refractivity contribution in [1.82, 2.24) is 14.5 Å². The van der Waals surface area contributed by atoms with Crippen LogP contribution in [0.15, 0.2) is 29.8 Å². The Morgan fingerprint density at radius 2 is 2.29 bits per heavy atom. The maximum atomic E-state index is 11.1. The topological polar surface area (TPSA) is 68.0 Å². The molecule has 2 heterocycles. The summed E-state index contributed by atoms with van der Waals surface area (Å²) >= 11 is 1.63. The lowest BCUT2D eigenvalue weighted by molar-refractivity contribution is 0.0697. The van der Waals surface area contributed by atoms with Crippen LogP contribution in [-0.2, 0) is 0 Å². The third-order valence-corrected chi connectivity index (χ3v) is 4.42. The summed E-state index contributed by atoms with van der Waals surface area (Å²) in [5.41, 5.74) is 1.91. The van der Waals surface area contributed by atoms with E-state index in [1.165, 1.54) is 0 Å². The molecule has 1 unspecified atom stereocenters. The number of fused-ring (bicyclic) bond motifs is 1. The maximum absolute atomic E-state index is 11.1. The van der Waals surface area contributed by atoms with Crippen molar-refractivity contribution in [3.63, 3.8) is 0 Å². The van der Waals surface area contributed by atoms with Crippen molar-refractivity contribution in [2.45, 2.75) is 26.3 Å². The van der Waals surface area contributed by atoms with Crippen molar-refractivity contribution in [2.75, 3.05) is 0 Å². The van der Waals surface area contributed by atoms with Crippen molar-refractivity contribution in [2.24, 2.45) is 0 Å². The average Bonchev–Trinajstić information content (AvgIpc) is 3.08. The zero-order chi connectivity index (χ0) is 15.0. The van der Waals surface area contributed by atoms with Gasteiger partial charge >= 0.3 is 5.97 Å². The van der Waals surface area contributed by atoms with Crippen LogP contribution in [0, 0.1) is 6.92 Å². The number of carboxylic acids is 1. The lowest BCUT2D eigenvalue weighted by Crippen LogP contribution is -2.11. The third-order valence-electron chi connectivity index (χ3n) is 3.55. The number of imidazole rings is 1. The minimum absolute atomic E-state index is 0.130. The lowest BCUT2D eigenvalue weighted by atomic mass is 10.2. The quantitative estimate of drug-likeness (QED) is 0.801. The number of benzene rings is 1. The Hall–Kier alpha value is -2.21. The molecule has 0 spiro atoms. The SMILES string of the molecule is CCC(c1nccs1)n1c(C)nc2cc(C(=O)O)ccc21. The Kier molecular flexibility index (Phi) is 3.47. The van der Waals surface area contributed by atoms with Crippen LogP contribution >= 0.6 is 11.3 Å². The molecule has 1 N–H and O–H groups in total. The smallest absolute Gasteiger partial charge is 0.335 e. The summed E-state index contributed by atoms with van der Waals surface area (Å²) in [5, 5.41) is 12.1. The molecule has 1 atom stereocenters. The molecule has 1 aromatic carbocycles. The van der Waals surface area contributed by atoms with Crippen LogP contribution in [0.3, 0.4) is 0 Å². The monoisotopic (exact) mass is 301 g/mol. The number of rotatable bonds is 4. The highest BCUT2D eigenvalue weighted by Crippen LogP contribution is 2.29. The fourth-order valence-corrected chi connectivity index (χ4v) is 3.42. The van der Waals surface area contributed by atoms with Crippen LogP contribution in [0.2, 0.25) is 0 Å². The Balaban J connectivity index is 2.18. The summed E-state index contributed by atoms with van der Waals surface area (Å²) in [6, 6.07) is 5.20. The van der Waals surface area contributed by atoms with Crippen LogP contribution in [-0.4, -0.2) is 25.6 Å². The van der Waals surface area contributed by atoms with Gasteiger partial charge in [-0.1, -0.05) is 6.92 Å². The second-order valence-corrected chi connectivity index (χ2v) is 5.76. The number of carboxylic acid groups (broad SMARTS) is 1. The van der Waals surface area contributed by atoms with E-state index < -0.39 is 5.97 Å². The zero-order valence-corrected chi connectivity index (χ0v) is 12.6. The van der Waals surface area contributed by atoms with Gasteiger partial charge in [-0.05, 0) is 31.5 Å². The molecule has 108 valence electrons. The minimum atomic E-state index is -0.934. The molecule has 0 amide bonds. The molecule has 21 heavy (non-hydrogen) atoms. The van der Waals surface area contributed by atoms with Crippen molar-refractivity contribution in [3.8, 4) is 0 Å². The molecule has 5 nitrogen and oxygen atoms in total. The van der Waals surface area contributed by atoms with Gasteiger partial charge in [-0.25, -0.2) is 14.8 Å². The summed E-state index contributed by atoms with van der Waals surface area (Å²) in [4.78, 5) is 20.0. The molecule has 3 rings (SSSR count). The third kappa shape index (κ3) is 2.31. The lowest BCUT2D eigenvalue weighted by Gasteiger charge is -2.17. The first kappa shape index (κ1) is 13.8. The van der Waals surface area contributed by atoms with Crippen molar-refractivity contribution < 1.29 is 9.90 Å². The molecule has 0 aliphatic rings. The van der Waals surface area contributed by atoms with Crippen molar-refractivity contribution in [1.29, 1.82) is 0 Å². The number of hydrogen-bond donors (Lipinski definition) is 1. The molecular weight excluding hydrogens is 286 g/mol. The largest absolute Gasteiger partial charge is 0.478 e. The van der Waals surface area contributed by atoms with Gasteiger partial charge in [0.15, 0.2) is 0 Å². The second kappa shape index (κ2) is 5.29. The summed E-state index contributed by atoms with van der Waals surface area (Å²) in [6.07, 6.45) is 2.71. The first-order chi connectivity index (χ1) is 10.1. The predicted octanol–water partition coefficient (Wildman–Crippen LogP) is 3.50. The normalized spacial score (nSPS) is 12.7. The number of aromatic nitrogens is 3. The molecule has 3 aromatic rings. The van der Waals surface area contributed by atoms with Gasteiger partial charge in [0, 0.05) is 11.6 Å². The number of carbonyl (C=O) groups is 1. The summed E-state index contributed by atoms with van der Waals surface area (Å²) in [6.45, 7) is 4.06. The molecule has 6 heteroatoms. The molecule has 0 saturated carbocycles. The van der Waals surface area contributed by atoms with E-state index in [4.69, 9.17) is 5.11 Å². The van der Waals surface area contributed by atoms with Gasteiger partial charge in [0.1, 0.15) is 10.8 Å². The van der Waals surface area contributed by atoms with E-state index in [9.17, 15) is 4.79 Å². The first-order valence-corrected chi connectivity index (χ1v) is 7.61. The van der Waals surface area contributed by atoms with E-state index in [-0.39, 0.29) is 11.6 Å². The van der Waals surface area contributed by atoms with Gasteiger partial charge in [-0.15, -0.1) is 11.3 Å². The number of nitrogens with zero attached hydrogens (tertiary/aromatic N) is 3. The van der Waals surface area contributed by atoms with E-state index >= 15 is 0 Å². The number of aryl methyl sites for hydroxylation is 1. The zero-order valence-electron chi connectivity index (χ0n) is 11.8. The van der Waals surface area contributed by atoms with Crippen LogP contribution in [0.25, 0.3) is 11.0 Å². The van der Waals surface area contributed by atoms with E-state index in [0.29, 0.717) is 5.52 Å². The van der Waals surface area contributed by atoms with E-state index in [2.05, 4.69) is 21.5 Å². The first-order valence-electron chi connectivity index (χ1n) is 6.73. The van der Waals surface area contributed by atoms with Crippen LogP contribution < -0.4 is 0 Å². The standard InChI is InChI=1S/C15H15N3O2S/c1-3-12(14-16-6-7-21-14)18-9(2)17-11-8-10(15(19)20)4-5-13(11)18/h4-8,12H,3H2,1-2H3,(H,19,20). The molecular formula is C15H15N3O2S. The molecule has 0 saturated heterocycles. The number of aromatic carboxylic acids is 1. The number of thiazole rings is 1. The summed E-state index contributed by atoms with van der Waals surface area (Å²) in [7, 11) is 0. The van der Waals surface area contributed by atoms with Crippen LogP contribution in [0.4, 0.5) is 0 Å². The highest BCUT2D eigenvalue weighted by Gasteiger charge is 2.20. The van der Waals surface area contributed by atoms with Crippen LogP contribution in [0.1, 0.15) is 40.6 Å². The van der Waals surface area contributed by atoms with E-state index in [1.54, 1.807) is 29.7 Å². The summed E-state index contributed by atoms with van der Waals surface area (Å²) < 4.78 is 2.14. The van der Waals surface area contributed by atoms with E-state index in [0.717, 1.165) is 22.8 Å². The predicted molar refractivity (Wildman–Crippen MR) is 82.0 cm³/mol. The van der Waals surface area contributed by atoms with Crippen molar-refractivity contribution in [3.05, 3.63) is 46.2 Å². The highest BCUT2D eigenvalue weighted by molar-refractivity contribution is 7.09. The Morgan fingerprint density at radius 1 is 1.48 bits per heavy atom.